The molecule has 4 rings (SSSR count). The first-order valence-corrected chi connectivity index (χ1v) is 10.9. The lowest BCUT2D eigenvalue weighted by Gasteiger charge is -2.15. The van der Waals surface area contributed by atoms with Crippen LogP contribution in [0.2, 0.25) is 0 Å². The summed E-state index contributed by atoms with van der Waals surface area (Å²) in [7, 11) is 0. The SMILES string of the molecule is C#CCn1c(=NC(=O)c2ccc3c(c2)CCCC3)sc2cc(C(=O)OCC)ccc21. The van der Waals surface area contributed by atoms with Crippen molar-refractivity contribution in [3.8, 4) is 12.3 Å². The molecule has 0 aliphatic heterocycles. The van der Waals surface area contributed by atoms with Gasteiger partial charge in [0.2, 0.25) is 0 Å². The minimum Gasteiger partial charge on any atom is -0.462 e. The van der Waals surface area contributed by atoms with Crippen LogP contribution >= 0.6 is 11.3 Å². The first-order chi connectivity index (χ1) is 14.6. The number of amides is 1. The zero-order valence-corrected chi connectivity index (χ0v) is 17.6. The molecule has 1 aromatic heterocycles. The number of aromatic nitrogens is 1. The van der Waals surface area contributed by atoms with Crippen molar-refractivity contribution in [1.82, 2.24) is 4.57 Å². The van der Waals surface area contributed by atoms with E-state index in [-0.39, 0.29) is 18.4 Å². The molecule has 0 fully saturated rings. The molecule has 0 unspecified atom stereocenters. The number of terminal acetylenes is 1. The average Bonchev–Trinajstić information content (AvgIpc) is 3.10. The van der Waals surface area contributed by atoms with Crippen molar-refractivity contribution < 1.29 is 14.3 Å². The molecule has 3 aromatic rings. The number of carbonyl (C=O) groups excluding carboxylic acids is 2. The maximum Gasteiger partial charge on any atom is 0.338 e. The number of ether oxygens (including phenoxy) is 1. The molecule has 0 saturated heterocycles. The number of thiazole rings is 1. The van der Waals surface area contributed by atoms with Crippen LogP contribution in [0.4, 0.5) is 0 Å². The molecule has 0 saturated carbocycles. The summed E-state index contributed by atoms with van der Waals surface area (Å²) in [5.74, 6) is 1.96. The Balaban J connectivity index is 1.75. The van der Waals surface area contributed by atoms with Crippen LogP contribution in [-0.2, 0) is 24.1 Å². The molecule has 5 nitrogen and oxygen atoms in total. The van der Waals surface area contributed by atoms with Gasteiger partial charge in [-0.2, -0.15) is 4.99 Å². The molecule has 152 valence electrons. The number of esters is 1. The third-order valence-corrected chi connectivity index (χ3v) is 6.28. The third-order valence-electron chi connectivity index (χ3n) is 5.24. The number of carbonyl (C=O) groups is 2. The molecular formula is C24H22N2O3S. The average molecular weight is 419 g/mol. The van der Waals surface area contributed by atoms with Crippen LogP contribution in [0.15, 0.2) is 41.4 Å². The van der Waals surface area contributed by atoms with Crippen molar-refractivity contribution in [2.24, 2.45) is 4.99 Å². The summed E-state index contributed by atoms with van der Waals surface area (Å²) in [6.45, 7) is 2.37. The number of fused-ring (bicyclic) bond motifs is 2. The van der Waals surface area contributed by atoms with Crippen LogP contribution in [0.1, 0.15) is 51.6 Å². The molecule has 0 bridgehead atoms. The van der Waals surface area contributed by atoms with Gasteiger partial charge in [0.25, 0.3) is 5.91 Å². The predicted molar refractivity (Wildman–Crippen MR) is 118 cm³/mol. The molecule has 0 radical (unpaired) electrons. The molecule has 30 heavy (non-hydrogen) atoms. The van der Waals surface area contributed by atoms with Gasteiger partial charge < -0.3 is 9.30 Å². The van der Waals surface area contributed by atoms with Gasteiger partial charge >= 0.3 is 5.97 Å². The Hall–Kier alpha value is -3.17. The summed E-state index contributed by atoms with van der Waals surface area (Å²) in [4.78, 5) is 29.8. The predicted octanol–water partition coefficient (Wildman–Crippen LogP) is 4.13. The molecule has 2 aromatic carbocycles. The van der Waals surface area contributed by atoms with E-state index in [0.717, 1.165) is 29.5 Å². The zero-order chi connectivity index (χ0) is 21.1. The monoisotopic (exact) mass is 418 g/mol. The highest BCUT2D eigenvalue weighted by Crippen LogP contribution is 2.23. The van der Waals surface area contributed by atoms with Gasteiger partial charge in [-0.1, -0.05) is 23.3 Å². The first kappa shape index (κ1) is 20.1. The van der Waals surface area contributed by atoms with Crippen molar-refractivity contribution in [3.63, 3.8) is 0 Å². The minimum absolute atomic E-state index is 0.286. The van der Waals surface area contributed by atoms with Gasteiger partial charge in [-0.15, -0.1) is 6.42 Å². The molecule has 0 N–H and O–H groups in total. The number of aryl methyl sites for hydroxylation is 2. The van der Waals surface area contributed by atoms with Crippen LogP contribution in [0.5, 0.6) is 0 Å². The number of nitrogens with zero attached hydrogens (tertiary/aromatic N) is 2. The Morgan fingerprint density at radius 3 is 2.67 bits per heavy atom. The summed E-state index contributed by atoms with van der Waals surface area (Å²) in [6, 6.07) is 11.1. The largest absolute Gasteiger partial charge is 0.462 e. The summed E-state index contributed by atoms with van der Waals surface area (Å²) < 4.78 is 7.73. The van der Waals surface area contributed by atoms with Gasteiger partial charge in [0.15, 0.2) is 4.80 Å². The second-order valence-corrected chi connectivity index (χ2v) is 8.19. The van der Waals surface area contributed by atoms with E-state index in [1.54, 1.807) is 19.1 Å². The fourth-order valence-corrected chi connectivity index (χ4v) is 4.83. The number of benzene rings is 2. The lowest BCUT2D eigenvalue weighted by molar-refractivity contribution is 0.0526. The van der Waals surface area contributed by atoms with Crippen molar-refractivity contribution in [1.29, 1.82) is 0 Å². The van der Waals surface area contributed by atoms with Crippen LogP contribution in [-0.4, -0.2) is 23.1 Å². The van der Waals surface area contributed by atoms with Crippen molar-refractivity contribution in [2.75, 3.05) is 6.61 Å². The maximum absolute atomic E-state index is 12.9. The fraction of sp³-hybridized carbons (Fsp3) is 0.292. The zero-order valence-electron chi connectivity index (χ0n) is 16.8. The van der Waals surface area contributed by atoms with E-state index in [4.69, 9.17) is 11.2 Å². The van der Waals surface area contributed by atoms with Gasteiger partial charge in [-0.05, 0) is 74.1 Å². The van der Waals surface area contributed by atoms with Crippen LogP contribution in [0, 0.1) is 12.3 Å². The standard InChI is InChI=1S/C24H22N2O3S/c1-3-13-26-20-12-11-19(23(28)29-4-2)15-21(20)30-24(26)25-22(27)18-10-9-16-7-5-6-8-17(16)14-18/h1,9-12,14-15H,4-8,13H2,2H3. The molecule has 0 atom stereocenters. The second-order valence-electron chi connectivity index (χ2n) is 7.19. The van der Waals surface area contributed by atoms with Crippen molar-refractivity contribution in [3.05, 3.63) is 63.5 Å². The Bertz CT molecular complexity index is 1240. The van der Waals surface area contributed by atoms with E-state index >= 15 is 0 Å². The number of hydrogen-bond donors (Lipinski definition) is 0. The molecule has 0 spiro atoms. The molecule has 1 aliphatic rings. The minimum atomic E-state index is -0.375. The van der Waals surface area contributed by atoms with E-state index in [1.807, 2.05) is 28.8 Å². The molecule has 6 heteroatoms. The number of hydrogen-bond acceptors (Lipinski definition) is 4. The molecular weight excluding hydrogens is 396 g/mol. The lowest BCUT2D eigenvalue weighted by atomic mass is 9.90. The topological polar surface area (TPSA) is 60.7 Å². The normalized spacial score (nSPS) is 13.7. The molecule has 1 heterocycles. The second kappa shape index (κ2) is 8.68. The maximum atomic E-state index is 12.9. The molecule has 1 amide bonds. The highest BCUT2D eigenvalue weighted by atomic mass is 32.1. The first-order valence-electron chi connectivity index (χ1n) is 10.1. The van der Waals surface area contributed by atoms with Gasteiger partial charge in [-0.25, -0.2) is 4.79 Å². The lowest BCUT2D eigenvalue weighted by Crippen LogP contribution is -2.16. The Morgan fingerprint density at radius 1 is 1.13 bits per heavy atom. The molecule has 1 aliphatic carbocycles. The van der Waals surface area contributed by atoms with Crippen molar-refractivity contribution >= 4 is 33.4 Å². The van der Waals surface area contributed by atoms with Gasteiger partial charge in [0, 0.05) is 5.56 Å². The van der Waals surface area contributed by atoms with E-state index in [1.165, 1.54) is 28.9 Å². The fourth-order valence-electron chi connectivity index (χ4n) is 3.76. The Labute approximate surface area is 179 Å². The number of rotatable bonds is 4. The summed E-state index contributed by atoms with van der Waals surface area (Å²) in [5.41, 5.74) is 4.46. The quantitative estimate of drug-likeness (QED) is 0.473. The van der Waals surface area contributed by atoms with Crippen LogP contribution in [0.3, 0.4) is 0 Å². The van der Waals surface area contributed by atoms with E-state index in [9.17, 15) is 9.59 Å². The summed E-state index contributed by atoms with van der Waals surface area (Å²) >= 11 is 1.34. The van der Waals surface area contributed by atoms with Crippen LogP contribution in [0.25, 0.3) is 10.2 Å². The highest BCUT2D eigenvalue weighted by Gasteiger charge is 2.15. The van der Waals surface area contributed by atoms with Gasteiger partial charge in [0.05, 0.1) is 28.9 Å². The van der Waals surface area contributed by atoms with E-state index < -0.39 is 0 Å². The Kier molecular flexibility index (Phi) is 5.82. The third kappa shape index (κ3) is 3.94. The van der Waals surface area contributed by atoms with Crippen LogP contribution < -0.4 is 4.80 Å². The van der Waals surface area contributed by atoms with Gasteiger partial charge in [-0.3, -0.25) is 4.79 Å². The summed E-state index contributed by atoms with van der Waals surface area (Å²) in [6.07, 6.45) is 9.98. The Morgan fingerprint density at radius 2 is 1.90 bits per heavy atom. The smallest absolute Gasteiger partial charge is 0.338 e. The van der Waals surface area contributed by atoms with Gasteiger partial charge in [0.1, 0.15) is 0 Å². The van der Waals surface area contributed by atoms with E-state index in [0.29, 0.717) is 22.5 Å². The highest BCUT2D eigenvalue weighted by molar-refractivity contribution is 7.16. The summed E-state index contributed by atoms with van der Waals surface area (Å²) in [5, 5.41) is 0. The van der Waals surface area contributed by atoms with E-state index in [2.05, 4.69) is 10.9 Å². The van der Waals surface area contributed by atoms with Crippen molar-refractivity contribution in [2.45, 2.75) is 39.2 Å².